The third-order valence-electron chi connectivity index (χ3n) is 5.92. The van der Waals surface area contributed by atoms with Crippen LogP contribution in [0.2, 0.25) is 5.28 Å². The van der Waals surface area contributed by atoms with Crippen LogP contribution in [-0.2, 0) is 23.6 Å². The summed E-state index contributed by atoms with van der Waals surface area (Å²) in [6, 6.07) is -0.172. The largest absolute Gasteiger partial charge is 0.464 e. The van der Waals surface area contributed by atoms with Crippen LogP contribution in [0.1, 0.15) is 32.6 Å². The number of nitrogens with one attached hydrogen (secondary N) is 1. The van der Waals surface area contributed by atoms with Crippen LogP contribution >= 0.6 is 19.2 Å². The lowest BCUT2D eigenvalue weighted by molar-refractivity contribution is -0.152. The molecule has 1 saturated heterocycles. The number of nitrogens with zero attached hydrogens (tertiary/aromatic N) is 3. The second-order valence-electron chi connectivity index (χ2n) is 8.46. The van der Waals surface area contributed by atoms with E-state index in [4.69, 9.17) is 37.4 Å². The summed E-state index contributed by atoms with van der Waals surface area (Å²) in [6.07, 6.45) is 2.82. The van der Waals surface area contributed by atoms with Crippen molar-refractivity contribution in [1.82, 2.24) is 9.97 Å². The molecule has 1 saturated carbocycles. The van der Waals surface area contributed by atoms with E-state index < -0.39 is 19.4 Å². The maximum absolute atomic E-state index is 11.9. The summed E-state index contributed by atoms with van der Waals surface area (Å²) in [5.41, 5.74) is 6.56. The van der Waals surface area contributed by atoms with Gasteiger partial charge >= 0.3 is 13.6 Å². The highest BCUT2D eigenvalue weighted by Gasteiger charge is 2.40. The molecule has 4 atom stereocenters. The first kappa shape index (κ1) is 26.9. The van der Waals surface area contributed by atoms with Crippen molar-refractivity contribution >= 4 is 42.5 Å². The second-order valence-corrected chi connectivity index (χ2v) is 10.4. The molecule has 1 aromatic rings. The van der Waals surface area contributed by atoms with Crippen molar-refractivity contribution in [2.45, 2.75) is 44.5 Å². The van der Waals surface area contributed by atoms with Crippen LogP contribution < -0.4 is 21.9 Å². The normalized spacial score (nSPS) is 23.6. The Labute approximate surface area is 202 Å². The van der Waals surface area contributed by atoms with E-state index in [0.717, 1.165) is 13.0 Å². The summed E-state index contributed by atoms with van der Waals surface area (Å²) >= 11 is 6.12. The number of esters is 1. The van der Waals surface area contributed by atoms with E-state index in [1.54, 1.807) is 6.92 Å². The number of halogens is 1. The van der Waals surface area contributed by atoms with Crippen molar-refractivity contribution in [3.63, 3.8) is 0 Å². The second kappa shape index (κ2) is 11.8. The smallest absolute Gasteiger partial charge is 0.365 e. The molecule has 192 valence electrons. The molecule has 2 aliphatic rings. The fraction of sp³-hybridized carbons (Fsp3) is 0.737. The number of carbonyl (C=O) groups is 1. The number of hydrazine groups is 1. The third-order valence-corrected chi connectivity index (χ3v) is 7.06. The van der Waals surface area contributed by atoms with E-state index in [1.165, 1.54) is 5.01 Å². The fourth-order valence-electron chi connectivity index (χ4n) is 4.12. The summed E-state index contributed by atoms with van der Waals surface area (Å²) in [5, 5.41) is 4.64. The molecule has 2 unspecified atom stereocenters. The zero-order valence-corrected chi connectivity index (χ0v) is 20.6. The molecule has 0 spiro atoms. The van der Waals surface area contributed by atoms with Gasteiger partial charge in [0.15, 0.2) is 11.6 Å². The van der Waals surface area contributed by atoms with Gasteiger partial charge in [-0.25, -0.2) is 10.6 Å². The van der Waals surface area contributed by atoms with E-state index in [-0.39, 0.29) is 42.0 Å². The first-order valence-corrected chi connectivity index (χ1v) is 13.2. The van der Waals surface area contributed by atoms with Crippen molar-refractivity contribution in [3.8, 4) is 0 Å². The molecule has 34 heavy (non-hydrogen) atoms. The van der Waals surface area contributed by atoms with Crippen LogP contribution in [0.25, 0.3) is 0 Å². The molecule has 3 rings (SSSR count). The van der Waals surface area contributed by atoms with E-state index in [2.05, 4.69) is 15.3 Å². The quantitative estimate of drug-likeness (QED) is 0.0911. The number of rotatable bonds is 11. The molecule has 1 aliphatic carbocycles. The lowest BCUT2D eigenvalue weighted by atomic mass is 10.1. The van der Waals surface area contributed by atoms with E-state index in [0.29, 0.717) is 44.1 Å². The van der Waals surface area contributed by atoms with Crippen molar-refractivity contribution in [1.29, 1.82) is 0 Å². The van der Waals surface area contributed by atoms with Crippen molar-refractivity contribution in [2.75, 3.05) is 49.0 Å². The van der Waals surface area contributed by atoms with Crippen molar-refractivity contribution in [3.05, 3.63) is 5.28 Å². The molecule has 0 bridgehead atoms. The van der Waals surface area contributed by atoms with Gasteiger partial charge in [-0.1, -0.05) is 0 Å². The maximum atomic E-state index is 11.9. The van der Waals surface area contributed by atoms with Gasteiger partial charge in [-0.2, -0.15) is 9.97 Å². The molecule has 13 nitrogen and oxygen atoms in total. The molecule has 7 N–H and O–H groups in total. The number of hydrogen-bond acceptors (Lipinski definition) is 11. The Morgan fingerprint density at radius 1 is 1.35 bits per heavy atom. The minimum atomic E-state index is -4.83. The van der Waals surface area contributed by atoms with Gasteiger partial charge in [0.05, 0.1) is 19.8 Å². The molecule has 1 aromatic heterocycles. The number of nitrogen functional groups attached to an aromatic ring is 1. The molecule has 1 aliphatic heterocycles. The lowest BCUT2D eigenvalue weighted by Gasteiger charge is -2.27. The first-order valence-electron chi connectivity index (χ1n) is 11.1. The third kappa shape index (κ3) is 6.91. The van der Waals surface area contributed by atoms with Gasteiger partial charge < -0.3 is 35.0 Å². The zero-order valence-electron chi connectivity index (χ0n) is 18.9. The van der Waals surface area contributed by atoms with Crippen molar-refractivity contribution in [2.24, 2.45) is 17.7 Å². The summed E-state index contributed by atoms with van der Waals surface area (Å²) in [5.74, 6) is 4.27. The standard InChI is InChI=1S/C19H32ClN6O7P/c1-2-32-17(27)18(34(28,29)30)33-10-11-3-4-13(7-11)26(22)16-14(21)15(24-19(20)25-16)23-8-12-5-6-31-9-12/h11-13,18H,2-10,21-22H2,1H3,(H,23,24,25)(H2,28,29,30)/t11-,12?,13+,18?/m1/s1. The Balaban J connectivity index is 1.61. The summed E-state index contributed by atoms with van der Waals surface area (Å²) in [4.78, 5) is 39.1. The van der Waals surface area contributed by atoms with E-state index in [1.807, 2.05) is 0 Å². The van der Waals surface area contributed by atoms with Gasteiger partial charge in [-0.3, -0.25) is 9.57 Å². The maximum Gasteiger partial charge on any atom is 0.365 e. The van der Waals surface area contributed by atoms with Crippen LogP contribution in [0, 0.1) is 11.8 Å². The van der Waals surface area contributed by atoms with Crippen LogP contribution in [0.3, 0.4) is 0 Å². The van der Waals surface area contributed by atoms with Gasteiger partial charge in [-0.15, -0.1) is 0 Å². The number of ether oxygens (including phenoxy) is 3. The monoisotopic (exact) mass is 522 g/mol. The minimum Gasteiger partial charge on any atom is -0.464 e. The molecule has 2 fully saturated rings. The number of aromatic nitrogens is 2. The van der Waals surface area contributed by atoms with E-state index in [9.17, 15) is 19.1 Å². The Morgan fingerprint density at radius 3 is 2.76 bits per heavy atom. The van der Waals surface area contributed by atoms with Crippen LogP contribution in [0.4, 0.5) is 17.3 Å². The minimum absolute atomic E-state index is 0.00150. The summed E-state index contributed by atoms with van der Waals surface area (Å²) < 4.78 is 27.0. The van der Waals surface area contributed by atoms with Gasteiger partial charge in [0, 0.05) is 25.1 Å². The van der Waals surface area contributed by atoms with Crippen LogP contribution in [0.5, 0.6) is 0 Å². The average Bonchev–Trinajstić information content (AvgIpc) is 3.45. The molecule has 2 heterocycles. The fourth-order valence-corrected chi connectivity index (χ4v) is 4.91. The number of anilines is 3. The summed E-state index contributed by atoms with van der Waals surface area (Å²) in [7, 11) is -4.83. The van der Waals surface area contributed by atoms with Gasteiger partial charge in [0.1, 0.15) is 5.69 Å². The van der Waals surface area contributed by atoms with E-state index >= 15 is 0 Å². The van der Waals surface area contributed by atoms with Gasteiger partial charge in [-0.05, 0) is 50.1 Å². The molecule has 0 amide bonds. The number of nitrogens with two attached hydrogens (primary N) is 2. The van der Waals surface area contributed by atoms with Gasteiger partial charge in [0.2, 0.25) is 5.28 Å². The van der Waals surface area contributed by atoms with Crippen molar-refractivity contribution < 1.29 is 33.4 Å². The van der Waals surface area contributed by atoms with Crippen LogP contribution in [-0.4, -0.2) is 70.6 Å². The predicted octanol–water partition coefficient (Wildman–Crippen LogP) is 1.09. The van der Waals surface area contributed by atoms with Gasteiger partial charge in [0.25, 0.3) is 5.85 Å². The first-order chi connectivity index (χ1) is 16.1. The highest BCUT2D eigenvalue weighted by atomic mass is 35.5. The Kier molecular flexibility index (Phi) is 9.33. The molecular formula is C19H32ClN6O7P. The van der Waals surface area contributed by atoms with Crippen LogP contribution in [0.15, 0.2) is 0 Å². The summed E-state index contributed by atoms with van der Waals surface area (Å²) in [6.45, 7) is 3.53. The zero-order chi connectivity index (χ0) is 24.9. The average molecular weight is 523 g/mol. The molecule has 15 heteroatoms. The molecular weight excluding hydrogens is 491 g/mol. The SMILES string of the molecule is CCOC(=O)C(OC[C@@H]1CC[C@H](N(N)c2nc(Cl)nc(NCC3CCOC3)c2N)C1)P(=O)(O)O. The highest BCUT2D eigenvalue weighted by Crippen LogP contribution is 2.43. The predicted molar refractivity (Wildman–Crippen MR) is 125 cm³/mol. The number of hydrogen-bond donors (Lipinski definition) is 5. The number of carbonyl (C=O) groups excluding carboxylic acids is 1. The highest BCUT2D eigenvalue weighted by molar-refractivity contribution is 7.53. The Bertz CT molecular complexity index is 900. The Morgan fingerprint density at radius 2 is 2.12 bits per heavy atom. The molecule has 0 aromatic carbocycles. The Hall–Kier alpha value is -1.73. The lowest BCUT2D eigenvalue weighted by Crippen LogP contribution is -2.41. The topological polar surface area (TPSA) is 195 Å². The molecule has 0 radical (unpaired) electrons.